The van der Waals surface area contributed by atoms with Gasteiger partial charge in [0.15, 0.2) is 0 Å². The number of hydrogen-bond donors (Lipinski definition) is 1. The lowest BCUT2D eigenvalue weighted by Gasteiger charge is -2.10. The van der Waals surface area contributed by atoms with Gasteiger partial charge in [-0.05, 0) is 25.1 Å². The second kappa shape index (κ2) is 8.53. The number of benzene rings is 1. The molecule has 1 aromatic carbocycles. The molecule has 0 aliphatic heterocycles. The van der Waals surface area contributed by atoms with Gasteiger partial charge < -0.3 is 14.8 Å². The summed E-state index contributed by atoms with van der Waals surface area (Å²) in [6, 6.07) is 9.74. The first-order valence-corrected chi connectivity index (χ1v) is 6.20. The molecule has 0 bridgehead atoms. The summed E-state index contributed by atoms with van der Waals surface area (Å²) in [6.07, 6.45) is 0.906. The summed E-state index contributed by atoms with van der Waals surface area (Å²) >= 11 is 0. The molecular formula is C14H21NO3. The number of hydrogen-bond acceptors (Lipinski definition) is 4. The van der Waals surface area contributed by atoms with Crippen LogP contribution in [0.2, 0.25) is 0 Å². The molecule has 4 heteroatoms. The Morgan fingerprint density at radius 3 is 2.72 bits per heavy atom. The van der Waals surface area contributed by atoms with Crippen LogP contribution in [0.25, 0.3) is 0 Å². The van der Waals surface area contributed by atoms with Gasteiger partial charge in [-0.2, -0.15) is 0 Å². The van der Waals surface area contributed by atoms with Crippen LogP contribution in [0, 0.1) is 5.92 Å². The molecule has 100 valence electrons. The fourth-order valence-electron chi connectivity index (χ4n) is 1.51. The number of methoxy groups -OCH3 is 1. The van der Waals surface area contributed by atoms with Crippen molar-refractivity contribution in [3.8, 4) is 5.75 Å². The third-order valence-electron chi connectivity index (χ3n) is 2.56. The summed E-state index contributed by atoms with van der Waals surface area (Å²) in [5, 5.41) is 3.21. The van der Waals surface area contributed by atoms with Crippen LogP contribution in [0.1, 0.15) is 13.3 Å². The van der Waals surface area contributed by atoms with E-state index in [4.69, 9.17) is 4.74 Å². The monoisotopic (exact) mass is 251 g/mol. The first-order chi connectivity index (χ1) is 8.74. The Morgan fingerprint density at radius 1 is 1.33 bits per heavy atom. The average molecular weight is 251 g/mol. The number of ether oxygens (including phenoxy) is 2. The summed E-state index contributed by atoms with van der Waals surface area (Å²) in [6.45, 7) is 3.98. The molecule has 0 saturated carbocycles. The highest BCUT2D eigenvalue weighted by molar-refractivity contribution is 5.71. The molecule has 1 rings (SSSR count). The van der Waals surface area contributed by atoms with Crippen LogP contribution in [-0.2, 0) is 9.53 Å². The van der Waals surface area contributed by atoms with Crippen molar-refractivity contribution >= 4 is 5.97 Å². The molecule has 1 aromatic rings. The molecular weight excluding hydrogens is 230 g/mol. The molecule has 0 heterocycles. The van der Waals surface area contributed by atoms with E-state index < -0.39 is 0 Å². The van der Waals surface area contributed by atoms with Crippen LogP contribution in [0.4, 0.5) is 0 Å². The third kappa shape index (κ3) is 5.68. The molecule has 4 nitrogen and oxygen atoms in total. The van der Waals surface area contributed by atoms with Crippen molar-refractivity contribution in [2.45, 2.75) is 13.3 Å². The molecule has 0 aromatic heterocycles. The predicted octanol–water partition coefficient (Wildman–Crippen LogP) is 1.85. The second-order valence-electron chi connectivity index (χ2n) is 4.14. The van der Waals surface area contributed by atoms with Crippen LogP contribution in [0.3, 0.4) is 0 Å². The van der Waals surface area contributed by atoms with Crippen molar-refractivity contribution in [2.75, 3.05) is 26.8 Å². The highest BCUT2D eigenvalue weighted by atomic mass is 16.5. The van der Waals surface area contributed by atoms with Crippen molar-refractivity contribution in [3.05, 3.63) is 30.3 Å². The van der Waals surface area contributed by atoms with E-state index in [1.54, 1.807) is 0 Å². The predicted molar refractivity (Wildman–Crippen MR) is 70.6 cm³/mol. The second-order valence-corrected chi connectivity index (χ2v) is 4.14. The minimum Gasteiger partial charge on any atom is -0.494 e. The number of rotatable bonds is 8. The Balaban J connectivity index is 2.01. The van der Waals surface area contributed by atoms with E-state index in [0.717, 1.165) is 18.7 Å². The van der Waals surface area contributed by atoms with Gasteiger partial charge in [0.1, 0.15) is 5.75 Å². The zero-order valence-corrected chi connectivity index (χ0v) is 11.0. The number of para-hydroxylation sites is 1. The highest BCUT2D eigenvalue weighted by Crippen LogP contribution is 2.08. The van der Waals surface area contributed by atoms with Crippen LogP contribution in [0.15, 0.2) is 30.3 Å². The normalized spacial score (nSPS) is 11.9. The Hall–Kier alpha value is -1.55. The van der Waals surface area contributed by atoms with Crippen molar-refractivity contribution < 1.29 is 14.3 Å². The Bertz CT molecular complexity index is 340. The maximum Gasteiger partial charge on any atom is 0.309 e. The summed E-state index contributed by atoms with van der Waals surface area (Å²) < 4.78 is 10.2. The molecule has 0 fully saturated rings. The summed E-state index contributed by atoms with van der Waals surface area (Å²) in [5.74, 6) is 0.605. The van der Waals surface area contributed by atoms with Crippen LogP contribution >= 0.6 is 0 Å². The van der Waals surface area contributed by atoms with Crippen LogP contribution in [-0.4, -0.2) is 32.8 Å². The minimum absolute atomic E-state index is 0.106. The van der Waals surface area contributed by atoms with E-state index in [-0.39, 0.29) is 11.9 Å². The lowest BCUT2D eigenvalue weighted by molar-refractivity contribution is -0.144. The van der Waals surface area contributed by atoms with E-state index in [1.807, 2.05) is 37.3 Å². The van der Waals surface area contributed by atoms with Crippen LogP contribution < -0.4 is 10.1 Å². The summed E-state index contributed by atoms with van der Waals surface area (Å²) in [5.41, 5.74) is 0. The lowest BCUT2D eigenvalue weighted by atomic mass is 10.2. The van der Waals surface area contributed by atoms with E-state index in [9.17, 15) is 4.79 Å². The molecule has 0 amide bonds. The fourth-order valence-corrected chi connectivity index (χ4v) is 1.51. The zero-order chi connectivity index (χ0) is 13.2. The van der Waals surface area contributed by atoms with Gasteiger partial charge in [0.2, 0.25) is 0 Å². The van der Waals surface area contributed by atoms with Gasteiger partial charge in [-0.15, -0.1) is 0 Å². The van der Waals surface area contributed by atoms with Gasteiger partial charge in [0.25, 0.3) is 0 Å². The Kier molecular flexibility index (Phi) is 6.87. The van der Waals surface area contributed by atoms with E-state index in [1.165, 1.54) is 7.11 Å². The fraction of sp³-hybridized carbons (Fsp3) is 0.500. The third-order valence-corrected chi connectivity index (χ3v) is 2.56. The summed E-state index contributed by atoms with van der Waals surface area (Å²) in [4.78, 5) is 11.1. The molecule has 0 aliphatic carbocycles. The highest BCUT2D eigenvalue weighted by Gasteiger charge is 2.11. The minimum atomic E-state index is -0.178. The van der Waals surface area contributed by atoms with Gasteiger partial charge in [-0.25, -0.2) is 0 Å². The van der Waals surface area contributed by atoms with Gasteiger partial charge in [0.05, 0.1) is 19.6 Å². The maximum atomic E-state index is 11.1. The Labute approximate surface area is 108 Å². The molecule has 0 radical (unpaired) electrons. The molecule has 1 unspecified atom stereocenters. The van der Waals surface area contributed by atoms with Crippen molar-refractivity contribution in [1.29, 1.82) is 0 Å². The quantitative estimate of drug-likeness (QED) is 0.566. The average Bonchev–Trinajstić information content (AvgIpc) is 2.42. The molecule has 1 atom stereocenters. The zero-order valence-electron chi connectivity index (χ0n) is 11.0. The van der Waals surface area contributed by atoms with Gasteiger partial charge in [-0.3, -0.25) is 4.79 Å². The SMILES string of the molecule is COC(=O)C(C)CNCCCOc1ccccc1. The number of esters is 1. The molecule has 18 heavy (non-hydrogen) atoms. The Morgan fingerprint density at radius 2 is 2.06 bits per heavy atom. The van der Waals surface area contributed by atoms with Crippen LogP contribution in [0.5, 0.6) is 5.75 Å². The van der Waals surface area contributed by atoms with E-state index >= 15 is 0 Å². The van der Waals surface area contributed by atoms with Crippen molar-refractivity contribution in [2.24, 2.45) is 5.92 Å². The first kappa shape index (κ1) is 14.5. The number of nitrogens with one attached hydrogen (secondary N) is 1. The first-order valence-electron chi connectivity index (χ1n) is 6.20. The number of carbonyl (C=O) groups excluding carboxylic acids is 1. The van der Waals surface area contributed by atoms with E-state index in [0.29, 0.717) is 13.2 Å². The topological polar surface area (TPSA) is 47.6 Å². The molecule has 0 spiro atoms. The summed E-state index contributed by atoms with van der Waals surface area (Å²) in [7, 11) is 1.41. The standard InChI is InChI=1S/C14H21NO3/c1-12(14(16)17-2)11-15-9-6-10-18-13-7-4-3-5-8-13/h3-5,7-8,12,15H,6,9-11H2,1-2H3. The smallest absolute Gasteiger partial charge is 0.309 e. The van der Waals surface area contributed by atoms with Crippen molar-refractivity contribution in [1.82, 2.24) is 5.32 Å². The van der Waals surface area contributed by atoms with Gasteiger partial charge >= 0.3 is 5.97 Å². The maximum absolute atomic E-state index is 11.1. The molecule has 0 saturated heterocycles. The molecule has 1 N–H and O–H groups in total. The van der Waals surface area contributed by atoms with Gasteiger partial charge in [-0.1, -0.05) is 25.1 Å². The molecule has 0 aliphatic rings. The largest absolute Gasteiger partial charge is 0.494 e. The van der Waals surface area contributed by atoms with E-state index in [2.05, 4.69) is 10.1 Å². The van der Waals surface area contributed by atoms with Gasteiger partial charge in [0, 0.05) is 6.54 Å². The lowest BCUT2D eigenvalue weighted by Crippen LogP contribution is -2.28. The number of carbonyl (C=O) groups is 1. The van der Waals surface area contributed by atoms with Crippen molar-refractivity contribution in [3.63, 3.8) is 0 Å².